The number of allylic oxidation sites excluding steroid dienone is 1. The van der Waals surface area contributed by atoms with Gasteiger partial charge in [0.15, 0.2) is 0 Å². The Balaban J connectivity index is 2.67. The zero-order valence-electron chi connectivity index (χ0n) is 8.23. The van der Waals surface area contributed by atoms with Crippen molar-refractivity contribution in [1.82, 2.24) is 4.57 Å². The second-order valence-electron chi connectivity index (χ2n) is 3.15. The van der Waals surface area contributed by atoms with Crippen LogP contribution in [0.1, 0.15) is 0 Å². The number of hydrogen-bond donors (Lipinski definition) is 0. The van der Waals surface area contributed by atoms with Crippen LogP contribution < -0.4 is 4.74 Å². The Morgan fingerprint density at radius 3 is 3.00 bits per heavy atom. The maximum atomic E-state index is 5.32. The first-order valence-electron chi connectivity index (χ1n) is 4.59. The molecule has 2 heteroatoms. The van der Waals surface area contributed by atoms with Gasteiger partial charge in [-0.05, 0) is 12.1 Å². The lowest BCUT2D eigenvalue weighted by atomic mass is 10.2. The number of benzene rings is 1. The van der Waals surface area contributed by atoms with Gasteiger partial charge >= 0.3 is 0 Å². The van der Waals surface area contributed by atoms with Crippen molar-refractivity contribution in [3.8, 4) is 5.75 Å². The minimum Gasteiger partial charge on any atom is -0.495 e. The average molecular weight is 187 g/mol. The molecule has 0 aliphatic rings. The fourth-order valence-electron chi connectivity index (χ4n) is 1.68. The third-order valence-electron chi connectivity index (χ3n) is 2.30. The van der Waals surface area contributed by atoms with Gasteiger partial charge in [0.25, 0.3) is 0 Å². The van der Waals surface area contributed by atoms with Crippen molar-refractivity contribution in [2.24, 2.45) is 0 Å². The van der Waals surface area contributed by atoms with Gasteiger partial charge < -0.3 is 9.30 Å². The first kappa shape index (κ1) is 8.88. The van der Waals surface area contributed by atoms with Crippen LogP contribution in [-0.2, 0) is 6.54 Å². The van der Waals surface area contributed by atoms with E-state index in [1.165, 1.54) is 5.39 Å². The Morgan fingerprint density at radius 2 is 2.29 bits per heavy atom. The van der Waals surface area contributed by atoms with Crippen LogP contribution >= 0.6 is 0 Å². The second-order valence-corrected chi connectivity index (χ2v) is 3.15. The molecule has 2 nitrogen and oxygen atoms in total. The molecule has 2 aromatic rings. The van der Waals surface area contributed by atoms with Crippen LogP contribution in [0.25, 0.3) is 10.9 Å². The van der Waals surface area contributed by atoms with Crippen molar-refractivity contribution in [3.05, 3.63) is 43.1 Å². The van der Waals surface area contributed by atoms with Gasteiger partial charge in [-0.1, -0.05) is 18.2 Å². The minimum atomic E-state index is 0.809. The molecule has 0 saturated carbocycles. The monoisotopic (exact) mass is 187 g/mol. The Morgan fingerprint density at radius 1 is 1.43 bits per heavy atom. The van der Waals surface area contributed by atoms with Crippen LogP contribution in [0.3, 0.4) is 0 Å². The summed E-state index contributed by atoms with van der Waals surface area (Å²) in [5, 5.41) is 1.20. The third-order valence-corrected chi connectivity index (χ3v) is 2.30. The van der Waals surface area contributed by atoms with Gasteiger partial charge in [-0.25, -0.2) is 0 Å². The largest absolute Gasteiger partial charge is 0.495 e. The maximum absolute atomic E-state index is 5.32. The lowest BCUT2D eigenvalue weighted by molar-refractivity contribution is 0.417. The summed E-state index contributed by atoms with van der Waals surface area (Å²) in [7, 11) is 1.69. The van der Waals surface area contributed by atoms with Crippen LogP contribution in [0, 0.1) is 0 Å². The first-order chi connectivity index (χ1) is 6.86. The van der Waals surface area contributed by atoms with E-state index in [0.717, 1.165) is 17.8 Å². The van der Waals surface area contributed by atoms with Crippen LogP contribution in [0.15, 0.2) is 43.1 Å². The second kappa shape index (κ2) is 3.58. The first-order valence-corrected chi connectivity index (χ1v) is 4.59. The minimum absolute atomic E-state index is 0.809. The normalized spacial score (nSPS) is 10.4. The molecule has 1 heterocycles. The number of nitrogens with zero attached hydrogens (tertiary/aromatic N) is 1. The van der Waals surface area contributed by atoms with Crippen LogP contribution in [0.2, 0.25) is 0 Å². The van der Waals surface area contributed by atoms with E-state index >= 15 is 0 Å². The van der Waals surface area contributed by atoms with E-state index in [1.54, 1.807) is 7.11 Å². The van der Waals surface area contributed by atoms with E-state index < -0.39 is 0 Å². The lowest BCUT2D eigenvalue weighted by Gasteiger charge is -2.06. The van der Waals surface area contributed by atoms with E-state index in [1.807, 2.05) is 18.2 Å². The average Bonchev–Trinajstić information content (AvgIpc) is 2.62. The Labute approximate surface area is 83.4 Å². The summed E-state index contributed by atoms with van der Waals surface area (Å²) < 4.78 is 7.44. The van der Waals surface area contributed by atoms with E-state index in [2.05, 4.69) is 29.5 Å². The quantitative estimate of drug-likeness (QED) is 0.674. The molecule has 1 aromatic heterocycles. The van der Waals surface area contributed by atoms with Gasteiger partial charge in [0.1, 0.15) is 5.75 Å². The molecule has 0 radical (unpaired) electrons. The van der Waals surface area contributed by atoms with Crippen molar-refractivity contribution in [2.75, 3.05) is 7.11 Å². The maximum Gasteiger partial charge on any atom is 0.143 e. The predicted molar refractivity (Wildman–Crippen MR) is 58.7 cm³/mol. The van der Waals surface area contributed by atoms with Crippen molar-refractivity contribution in [2.45, 2.75) is 6.54 Å². The molecular weight excluding hydrogens is 174 g/mol. The lowest BCUT2D eigenvalue weighted by Crippen LogP contribution is -1.94. The standard InChI is InChI=1S/C12H13NO/c1-3-8-13-9-7-10-5-4-6-11(14-2)12(10)13/h3-7,9H,1,8H2,2H3. The fourth-order valence-corrected chi connectivity index (χ4v) is 1.68. The summed E-state index contributed by atoms with van der Waals surface area (Å²) in [5.74, 6) is 0.911. The van der Waals surface area contributed by atoms with Crippen LogP contribution in [-0.4, -0.2) is 11.7 Å². The topological polar surface area (TPSA) is 14.2 Å². The number of methoxy groups -OCH3 is 1. The van der Waals surface area contributed by atoms with Gasteiger partial charge in [-0.2, -0.15) is 0 Å². The van der Waals surface area contributed by atoms with E-state index in [9.17, 15) is 0 Å². The van der Waals surface area contributed by atoms with E-state index in [-0.39, 0.29) is 0 Å². The van der Waals surface area contributed by atoms with Crippen molar-refractivity contribution >= 4 is 10.9 Å². The summed E-state index contributed by atoms with van der Waals surface area (Å²) in [6.45, 7) is 4.55. The number of ether oxygens (including phenoxy) is 1. The number of hydrogen-bond acceptors (Lipinski definition) is 1. The molecule has 0 N–H and O–H groups in total. The van der Waals surface area contributed by atoms with Crippen LogP contribution in [0.4, 0.5) is 0 Å². The third kappa shape index (κ3) is 1.29. The van der Waals surface area contributed by atoms with E-state index in [4.69, 9.17) is 4.74 Å². The summed E-state index contributed by atoms with van der Waals surface area (Å²) >= 11 is 0. The summed E-state index contributed by atoms with van der Waals surface area (Å²) in [6.07, 6.45) is 3.93. The zero-order valence-corrected chi connectivity index (χ0v) is 8.23. The molecule has 0 bridgehead atoms. The molecule has 0 saturated heterocycles. The number of para-hydroxylation sites is 1. The predicted octanol–water partition coefficient (Wildman–Crippen LogP) is 2.84. The van der Waals surface area contributed by atoms with Gasteiger partial charge in [-0.3, -0.25) is 0 Å². The molecule has 0 fully saturated rings. The van der Waals surface area contributed by atoms with Gasteiger partial charge in [0.2, 0.25) is 0 Å². The molecule has 0 amide bonds. The van der Waals surface area contributed by atoms with Gasteiger partial charge in [0.05, 0.1) is 12.6 Å². The molecule has 0 atom stereocenters. The van der Waals surface area contributed by atoms with Gasteiger partial charge in [0, 0.05) is 18.1 Å². The highest BCUT2D eigenvalue weighted by Crippen LogP contribution is 2.26. The number of aromatic nitrogens is 1. The Hall–Kier alpha value is -1.70. The van der Waals surface area contributed by atoms with Crippen molar-refractivity contribution in [1.29, 1.82) is 0 Å². The zero-order chi connectivity index (χ0) is 9.97. The van der Waals surface area contributed by atoms with Crippen LogP contribution in [0.5, 0.6) is 5.75 Å². The summed E-state index contributed by atoms with van der Waals surface area (Å²) in [5.41, 5.74) is 1.13. The number of fused-ring (bicyclic) bond motifs is 1. The molecule has 14 heavy (non-hydrogen) atoms. The van der Waals surface area contributed by atoms with Crippen molar-refractivity contribution < 1.29 is 4.74 Å². The van der Waals surface area contributed by atoms with E-state index in [0.29, 0.717) is 0 Å². The Bertz CT molecular complexity index is 456. The molecular formula is C12H13NO. The van der Waals surface area contributed by atoms with Crippen molar-refractivity contribution in [3.63, 3.8) is 0 Å². The highest BCUT2D eigenvalue weighted by Gasteiger charge is 2.04. The van der Waals surface area contributed by atoms with Gasteiger partial charge in [-0.15, -0.1) is 6.58 Å². The molecule has 2 rings (SSSR count). The Kier molecular flexibility index (Phi) is 2.27. The molecule has 0 unspecified atom stereocenters. The summed E-state index contributed by atoms with van der Waals surface area (Å²) in [4.78, 5) is 0. The number of rotatable bonds is 3. The smallest absolute Gasteiger partial charge is 0.143 e. The molecule has 1 aromatic carbocycles. The fraction of sp³-hybridized carbons (Fsp3) is 0.167. The highest BCUT2D eigenvalue weighted by molar-refractivity contribution is 5.86. The SMILES string of the molecule is C=CCn1ccc2cccc(OC)c21. The summed E-state index contributed by atoms with van der Waals surface area (Å²) in [6, 6.07) is 8.14. The molecule has 72 valence electrons. The molecule has 0 spiro atoms. The molecule has 0 aliphatic carbocycles. The molecule has 0 aliphatic heterocycles. The highest BCUT2D eigenvalue weighted by atomic mass is 16.5.